The van der Waals surface area contributed by atoms with Crippen LogP contribution in [0.5, 0.6) is 0 Å². The number of hydrogen-bond donors (Lipinski definition) is 3. The van der Waals surface area contributed by atoms with Crippen molar-refractivity contribution in [1.82, 2.24) is 14.9 Å². The number of carbonyl (C=O) groups excluding carboxylic acids is 1. The normalized spacial score (nSPS) is 20.8. The fourth-order valence-corrected chi connectivity index (χ4v) is 3.01. The van der Waals surface area contributed by atoms with Crippen molar-refractivity contribution in [2.24, 2.45) is 5.73 Å². The number of hydrogen-bond acceptors (Lipinski definition) is 5. The van der Waals surface area contributed by atoms with E-state index >= 15 is 0 Å². The van der Waals surface area contributed by atoms with Crippen molar-refractivity contribution in [3.05, 3.63) is 28.5 Å². The lowest BCUT2D eigenvalue weighted by Gasteiger charge is -2.21. The van der Waals surface area contributed by atoms with Crippen molar-refractivity contribution < 1.29 is 9.53 Å². The number of nitrogens with one attached hydrogen (secondary N) is 2. The molecule has 1 amide bonds. The van der Waals surface area contributed by atoms with E-state index in [-0.39, 0.29) is 36.1 Å². The SMILES string of the molecule is CO[C@@H]1CNC[C@@H]1Nc1c(C(N)=O)cnn2cc(Br)cc12.I. The summed E-state index contributed by atoms with van der Waals surface area (Å²) in [5.41, 5.74) is 7.31. The average Bonchev–Trinajstić information content (AvgIpc) is 3.03. The molecule has 0 spiro atoms. The van der Waals surface area contributed by atoms with Crippen LogP contribution in [0.2, 0.25) is 0 Å². The maximum atomic E-state index is 11.7. The highest BCUT2D eigenvalue weighted by Gasteiger charge is 2.28. The Morgan fingerprint density at radius 3 is 3.05 bits per heavy atom. The van der Waals surface area contributed by atoms with E-state index in [1.54, 1.807) is 11.6 Å². The van der Waals surface area contributed by atoms with E-state index in [1.165, 1.54) is 6.20 Å². The van der Waals surface area contributed by atoms with E-state index in [1.807, 2.05) is 12.3 Å². The van der Waals surface area contributed by atoms with Crippen molar-refractivity contribution in [3.8, 4) is 0 Å². The van der Waals surface area contributed by atoms with Gasteiger partial charge in [0.2, 0.25) is 0 Å². The molecule has 3 heterocycles. The molecule has 120 valence electrons. The molecule has 9 heteroatoms. The van der Waals surface area contributed by atoms with Gasteiger partial charge in [0.1, 0.15) is 0 Å². The second-order valence-corrected chi connectivity index (χ2v) is 5.88. The van der Waals surface area contributed by atoms with Gasteiger partial charge in [-0.15, -0.1) is 24.0 Å². The average molecular weight is 482 g/mol. The van der Waals surface area contributed by atoms with Crippen molar-refractivity contribution >= 4 is 57.0 Å². The van der Waals surface area contributed by atoms with E-state index < -0.39 is 5.91 Å². The Bertz CT molecular complexity index is 692. The molecule has 0 bridgehead atoms. The van der Waals surface area contributed by atoms with Gasteiger partial charge in [0.15, 0.2) is 0 Å². The van der Waals surface area contributed by atoms with Crippen molar-refractivity contribution in [3.63, 3.8) is 0 Å². The van der Waals surface area contributed by atoms with Gasteiger partial charge < -0.3 is 21.1 Å². The van der Waals surface area contributed by atoms with Crippen molar-refractivity contribution in [2.75, 3.05) is 25.5 Å². The van der Waals surface area contributed by atoms with E-state index in [0.717, 1.165) is 23.1 Å². The monoisotopic (exact) mass is 481 g/mol. The van der Waals surface area contributed by atoms with Crippen LogP contribution in [0.25, 0.3) is 5.52 Å². The fraction of sp³-hybridized carbons (Fsp3) is 0.385. The summed E-state index contributed by atoms with van der Waals surface area (Å²) in [5, 5.41) is 10.8. The van der Waals surface area contributed by atoms with Crippen LogP contribution in [0.1, 0.15) is 10.4 Å². The van der Waals surface area contributed by atoms with Gasteiger partial charge in [-0.3, -0.25) is 4.79 Å². The molecule has 0 unspecified atom stereocenters. The Morgan fingerprint density at radius 2 is 2.36 bits per heavy atom. The van der Waals surface area contributed by atoms with Gasteiger partial charge >= 0.3 is 0 Å². The summed E-state index contributed by atoms with van der Waals surface area (Å²) in [7, 11) is 1.68. The molecule has 1 aliphatic heterocycles. The van der Waals surface area contributed by atoms with Crippen LogP contribution in [-0.2, 0) is 4.74 Å². The molecular formula is C13H17BrIN5O2. The number of ether oxygens (including phenoxy) is 1. The van der Waals surface area contributed by atoms with E-state index in [9.17, 15) is 4.79 Å². The molecule has 1 aliphatic rings. The third-order valence-electron chi connectivity index (χ3n) is 3.66. The van der Waals surface area contributed by atoms with Crippen LogP contribution in [0, 0.1) is 0 Å². The number of rotatable bonds is 4. The minimum Gasteiger partial charge on any atom is -0.378 e. The summed E-state index contributed by atoms with van der Waals surface area (Å²) in [6.45, 7) is 1.53. The Morgan fingerprint density at radius 1 is 1.59 bits per heavy atom. The molecule has 2 aromatic heterocycles. The molecule has 4 N–H and O–H groups in total. The van der Waals surface area contributed by atoms with Crippen LogP contribution < -0.4 is 16.4 Å². The summed E-state index contributed by atoms with van der Waals surface area (Å²) in [5.74, 6) is -0.509. The summed E-state index contributed by atoms with van der Waals surface area (Å²) < 4.78 is 8.02. The van der Waals surface area contributed by atoms with Gasteiger partial charge in [-0.1, -0.05) is 0 Å². The molecule has 1 saturated heterocycles. The number of fused-ring (bicyclic) bond motifs is 1. The molecule has 2 aromatic rings. The van der Waals surface area contributed by atoms with Gasteiger partial charge in [-0.2, -0.15) is 5.10 Å². The summed E-state index contributed by atoms with van der Waals surface area (Å²) in [4.78, 5) is 11.7. The summed E-state index contributed by atoms with van der Waals surface area (Å²) in [6.07, 6.45) is 3.35. The first-order valence-electron chi connectivity index (χ1n) is 6.57. The van der Waals surface area contributed by atoms with Crippen LogP contribution >= 0.6 is 39.9 Å². The predicted octanol–water partition coefficient (Wildman–Crippen LogP) is 1.21. The zero-order valence-corrected chi connectivity index (χ0v) is 15.8. The lowest BCUT2D eigenvalue weighted by Crippen LogP contribution is -2.34. The standard InChI is InChI=1S/C13H16BrN5O2.HI/c1-21-11-5-16-4-9(11)18-12-8(13(15)20)3-17-19-6-7(14)2-10(12)19;/h2-3,6,9,11,16,18H,4-5H2,1H3,(H2,15,20);1H/t9-,11+;/m0./s1. The molecule has 0 saturated carbocycles. The Labute approximate surface area is 153 Å². The molecule has 22 heavy (non-hydrogen) atoms. The summed E-state index contributed by atoms with van der Waals surface area (Å²) in [6, 6.07) is 1.96. The number of anilines is 1. The lowest BCUT2D eigenvalue weighted by atomic mass is 10.1. The minimum atomic E-state index is -0.509. The number of halogens is 2. The van der Waals surface area contributed by atoms with Gasteiger partial charge in [-0.25, -0.2) is 4.52 Å². The second kappa shape index (κ2) is 7.11. The number of primary amides is 1. The molecule has 3 rings (SSSR count). The van der Waals surface area contributed by atoms with Crippen LogP contribution in [0.3, 0.4) is 0 Å². The Hall–Kier alpha value is -0.910. The van der Waals surface area contributed by atoms with Crippen molar-refractivity contribution in [1.29, 1.82) is 0 Å². The number of nitrogens with zero attached hydrogens (tertiary/aromatic N) is 2. The minimum absolute atomic E-state index is 0. The van der Waals surface area contributed by atoms with Gasteiger partial charge in [-0.05, 0) is 22.0 Å². The maximum Gasteiger partial charge on any atom is 0.252 e. The van der Waals surface area contributed by atoms with Gasteiger partial charge in [0, 0.05) is 30.9 Å². The van der Waals surface area contributed by atoms with E-state index in [2.05, 4.69) is 31.7 Å². The third-order valence-corrected chi connectivity index (χ3v) is 4.09. The number of nitrogens with two attached hydrogens (primary N) is 1. The summed E-state index contributed by atoms with van der Waals surface area (Å²) >= 11 is 3.42. The molecular weight excluding hydrogens is 465 g/mol. The highest BCUT2D eigenvalue weighted by molar-refractivity contribution is 14.0. The van der Waals surface area contributed by atoms with E-state index in [4.69, 9.17) is 10.5 Å². The Kier molecular flexibility index (Phi) is 5.64. The number of methoxy groups -OCH3 is 1. The Balaban J connectivity index is 0.00000176. The number of amides is 1. The van der Waals surface area contributed by atoms with Crippen LogP contribution in [-0.4, -0.2) is 47.9 Å². The first-order chi connectivity index (χ1) is 10.1. The third kappa shape index (κ3) is 3.21. The molecule has 7 nitrogen and oxygen atoms in total. The molecule has 0 aromatic carbocycles. The quantitative estimate of drug-likeness (QED) is 0.571. The topological polar surface area (TPSA) is 93.7 Å². The molecule has 2 atom stereocenters. The van der Waals surface area contributed by atoms with Gasteiger partial charge in [0.25, 0.3) is 5.91 Å². The van der Waals surface area contributed by atoms with Crippen LogP contribution in [0.15, 0.2) is 22.9 Å². The first-order valence-corrected chi connectivity index (χ1v) is 7.36. The highest BCUT2D eigenvalue weighted by atomic mass is 127. The van der Waals surface area contributed by atoms with E-state index in [0.29, 0.717) is 11.3 Å². The second-order valence-electron chi connectivity index (χ2n) is 4.97. The first kappa shape index (κ1) is 17.4. The molecule has 1 fully saturated rings. The lowest BCUT2D eigenvalue weighted by molar-refractivity contribution is 0.0999. The fourth-order valence-electron chi connectivity index (χ4n) is 2.60. The zero-order valence-electron chi connectivity index (χ0n) is 11.9. The predicted molar refractivity (Wildman–Crippen MR) is 97.9 cm³/mol. The number of carbonyl (C=O) groups is 1. The van der Waals surface area contributed by atoms with Gasteiger partial charge in [0.05, 0.1) is 35.1 Å². The molecule has 0 aliphatic carbocycles. The molecule has 0 radical (unpaired) electrons. The number of aromatic nitrogens is 2. The zero-order chi connectivity index (χ0) is 15.0. The smallest absolute Gasteiger partial charge is 0.252 e. The van der Waals surface area contributed by atoms with Crippen LogP contribution in [0.4, 0.5) is 5.69 Å². The van der Waals surface area contributed by atoms with Crippen molar-refractivity contribution in [2.45, 2.75) is 12.1 Å². The highest BCUT2D eigenvalue weighted by Crippen LogP contribution is 2.27. The maximum absolute atomic E-state index is 11.7. The largest absolute Gasteiger partial charge is 0.378 e.